The van der Waals surface area contributed by atoms with E-state index in [1.807, 2.05) is 4.90 Å². The summed E-state index contributed by atoms with van der Waals surface area (Å²) in [5.41, 5.74) is 5.60. The first-order valence-electron chi connectivity index (χ1n) is 5.49. The highest BCUT2D eigenvalue weighted by atomic mass is 16.2. The summed E-state index contributed by atoms with van der Waals surface area (Å²) in [6.07, 6.45) is 1.94. The van der Waals surface area contributed by atoms with E-state index in [0.717, 1.165) is 39.0 Å². The van der Waals surface area contributed by atoms with Gasteiger partial charge in [-0.2, -0.15) is 0 Å². The van der Waals surface area contributed by atoms with Gasteiger partial charge in [-0.25, -0.2) is 0 Å². The Balaban J connectivity index is 2.43. The van der Waals surface area contributed by atoms with Gasteiger partial charge in [0.15, 0.2) is 0 Å². The number of nitrogens with zero attached hydrogens (tertiary/aromatic N) is 1. The van der Waals surface area contributed by atoms with E-state index in [1.165, 1.54) is 0 Å². The van der Waals surface area contributed by atoms with E-state index in [4.69, 9.17) is 5.73 Å². The van der Waals surface area contributed by atoms with Crippen LogP contribution in [0.1, 0.15) is 19.8 Å². The van der Waals surface area contributed by atoms with Gasteiger partial charge in [-0.15, -0.1) is 0 Å². The molecule has 0 saturated carbocycles. The van der Waals surface area contributed by atoms with E-state index in [0.29, 0.717) is 6.54 Å². The Labute approximate surface area is 85.8 Å². The van der Waals surface area contributed by atoms with Crippen molar-refractivity contribution < 1.29 is 4.79 Å². The fraction of sp³-hybridized carbons (Fsp3) is 0.900. The molecule has 14 heavy (non-hydrogen) atoms. The molecule has 1 heterocycles. The van der Waals surface area contributed by atoms with Crippen molar-refractivity contribution in [1.29, 1.82) is 0 Å². The molecule has 1 fully saturated rings. The van der Waals surface area contributed by atoms with Crippen molar-refractivity contribution in [3.63, 3.8) is 0 Å². The van der Waals surface area contributed by atoms with Crippen LogP contribution in [-0.4, -0.2) is 43.5 Å². The van der Waals surface area contributed by atoms with Gasteiger partial charge in [0, 0.05) is 32.7 Å². The van der Waals surface area contributed by atoms with E-state index in [9.17, 15) is 4.79 Å². The molecule has 0 aromatic heterocycles. The minimum absolute atomic E-state index is 0.0399. The van der Waals surface area contributed by atoms with Crippen molar-refractivity contribution in [1.82, 2.24) is 10.2 Å². The fourth-order valence-corrected chi connectivity index (χ4v) is 1.83. The third kappa shape index (κ3) is 2.96. The number of hydrogen-bond donors (Lipinski definition) is 2. The number of carbonyl (C=O) groups is 1. The van der Waals surface area contributed by atoms with Crippen molar-refractivity contribution in [2.45, 2.75) is 19.8 Å². The average molecular weight is 199 g/mol. The summed E-state index contributed by atoms with van der Waals surface area (Å²) in [7, 11) is 0. The van der Waals surface area contributed by atoms with E-state index in [2.05, 4.69) is 12.2 Å². The average Bonchev–Trinajstić information content (AvgIpc) is 2.26. The van der Waals surface area contributed by atoms with Crippen LogP contribution in [0.4, 0.5) is 0 Å². The Kier molecular flexibility index (Phi) is 4.90. The standard InChI is InChI=1S/C10H21N3O/c1-2-3-9(8-11)10(14)13-6-4-12-5-7-13/h9,12H,2-8,11H2,1H3. The summed E-state index contributed by atoms with van der Waals surface area (Å²) in [6, 6.07) is 0. The maximum absolute atomic E-state index is 11.9. The molecule has 0 bridgehead atoms. The van der Waals surface area contributed by atoms with E-state index in [1.54, 1.807) is 0 Å². The Hall–Kier alpha value is -0.610. The highest BCUT2D eigenvalue weighted by Gasteiger charge is 2.23. The summed E-state index contributed by atoms with van der Waals surface area (Å²) in [5.74, 6) is 0.286. The summed E-state index contributed by atoms with van der Waals surface area (Å²) >= 11 is 0. The molecule has 1 unspecified atom stereocenters. The van der Waals surface area contributed by atoms with Gasteiger partial charge in [-0.1, -0.05) is 13.3 Å². The zero-order chi connectivity index (χ0) is 10.4. The van der Waals surface area contributed by atoms with Gasteiger partial charge in [-0.05, 0) is 6.42 Å². The molecule has 1 aliphatic rings. The summed E-state index contributed by atoms with van der Waals surface area (Å²) in [4.78, 5) is 13.9. The molecule has 0 radical (unpaired) electrons. The van der Waals surface area contributed by atoms with Crippen LogP contribution < -0.4 is 11.1 Å². The monoisotopic (exact) mass is 199 g/mol. The molecular weight excluding hydrogens is 178 g/mol. The molecule has 1 rings (SSSR count). The first-order chi connectivity index (χ1) is 6.79. The van der Waals surface area contributed by atoms with Gasteiger partial charge in [0.2, 0.25) is 5.91 Å². The number of nitrogens with two attached hydrogens (primary N) is 1. The lowest BCUT2D eigenvalue weighted by molar-refractivity contribution is -0.136. The second-order valence-electron chi connectivity index (χ2n) is 3.80. The quantitative estimate of drug-likeness (QED) is 0.659. The largest absolute Gasteiger partial charge is 0.340 e. The molecule has 1 aliphatic heterocycles. The second-order valence-corrected chi connectivity index (χ2v) is 3.80. The fourth-order valence-electron chi connectivity index (χ4n) is 1.83. The molecule has 1 saturated heterocycles. The minimum atomic E-state index is 0.0399. The second kappa shape index (κ2) is 5.98. The van der Waals surface area contributed by atoms with Crippen molar-refractivity contribution in [3.05, 3.63) is 0 Å². The first-order valence-corrected chi connectivity index (χ1v) is 5.49. The normalized spacial score (nSPS) is 19.4. The number of amides is 1. The molecule has 0 aromatic carbocycles. The summed E-state index contributed by atoms with van der Waals surface area (Å²) < 4.78 is 0. The maximum atomic E-state index is 11.9. The summed E-state index contributed by atoms with van der Waals surface area (Å²) in [6.45, 7) is 6.06. The number of carbonyl (C=O) groups excluding carboxylic acids is 1. The van der Waals surface area contributed by atoms with Gasteiger partial charge < -0.3 is 16.0 Å². The number of piperazine rings is 1. The van der Waals surface area contributed by atoms with Crippen LogP contribution in [0, 0.1) is 5.92 Å². The molecule has 4 heteroatoms. The molecule has 0 aromatic rings. The van der Waals surface area contributed by atoms with E-state index < -0.39 is 0 Å². The molecule has 4 nitrogen and oxygen atoms in total. The number of nitrogens with one attached hydrogen (secondary N) is 1. The number of rotatable bonds is 4. The zero-order valence-electron chi connectivity index (χ0n) is 8.96. The highest BCUT2D eigenvalue weighted by molar-refractivity contribution is 5.79. The van der Waals surface area contributed by atoms with Crippen LogP contribution in [0.3, 0.4) is 0 Å². The third-order valence-electron chi connectivity index (χ3n) is 2.70. The van der Waals surface area contributed by atoms with Gasteiger partial charge in [0.05, 0.1) is 5.92 Å². The Morgan fingerprint density at radius 1 is 1.50 bits per heavy atom. The predicted octanol–water partition coefficient (Wildman–Crippen LogP) is -0.207. The maximum Gasteiger partial charge on any atom is 0.227 e. The van der Waals surface area contributed by atoms with Crippen molar-refractivity contribution in [2.24, 2.45) is 11.7 Å². The lowest BCUT2D eigenvalue weighted by atomic mass is 10.0. The third-order valence-corrected chi connectivity index (χ3v) is 2.70. The highest BCUT2D eigenvalue weighted by Crippen LogP contribution is 2.09. The number of hydrogen-bond acceptors (Lipinski definition) is 3. The van der Waals surface area contributed by atoms with Crippen molar-refractivity contribution >= 4 is 5.91 Å². The lowest BCUT2D eigenvalue weighted by Crippen LogP contribution is -2.49. The van der Waals surface area contributed by atoms with Crippen LogP contribution >= 0.6 is 0 Å². The van der Waals surface area contributed by atoms with Gasteiger partial charge in [0.1, 0.15) is 0 Å². The molecule has 3 N–H and O–H groups in total. The van der Waals surface area contributed by atoms with Crippen molar-refractivity contribution in [3.8, 4) is 0 Å². The predicted molar refractivity (Wildman–Crippen MR) is 56.9 cm³/mol. The smallest absolute Gasteiger partial charge is 0.227 e. The summed E-state index contributed by atoms with van der Waals surface area (Å²) in [5, 5.41) is 3.23. The molecule has 0 spiro atoms. The Morgan fingerprint density at radius 2 is 2.14 bits per heavy atom. The topological polar surface area (TPSA) is 58.4 Å². The first kappa shape index (κ1) is 11.5. The molecule has 0 aliphatic carbocycles. The zero-order valence-corrected chi connectivity index (χ0v) is 8.96. The lowest BCUT2D eigenvalue weighted by Gasteiger charge is -2.30. The van der Waals surface area contributed by atoms with E-state index >= 15 is 0 Å². The van der Waals surface area contributed by atoms with Crippen LogP contribution in [0.5, 0.6) is 0 Å². The van der Waals surface area contributed by atoms with Gasteiger partial charge in [0.25, 0.3) is 0 Å². The van der Waals surface area contributed by atoms with Crippen LogP contribution in [0.15, 0.2) is 0 Å². The Morgan fingerprint density at radius 3 is 2.64 bits per heavy atom. The van der Waals surface area contributed by atoms with Crippen LogP contribution in [-0.2, 0) is 4.79 Å². The SMILES string of the molecule is CCCC(CN)C(=O)N1CCNCC1. The van der Waals surface area contributed by atoms with Gasteiger partial charge in [-0.3, -0.25) is 4.79 Å². The van der Waals surface area contributed by atoms with Crippen LogP contribution in [0.2, 0.25) is 0 Å². The van der Waals surface area contributed by atoms with E-state index in [-0.39, 0.29) is 11.8 Å². The molecule has 1 amide bonds. The molecule has 82 valence electrons. The molecule has 1 atom stereocenters. The van der Waals surface area contributed by atoms with Crippen molar-refractivity contribution in [2.75, 3.05) is 32.7 Å². The van der Waals surface area contributed by atoms with Crippen LogP contribution in [0.25, 0.3) is 0 Å². The molecular formula is C10H21N3O. The van der Waals surface area contributed by atoms with Gasteiger partial charge >= 0.3 is 0 Å². The Bertz CT molecular complexity index is 171. The minimum Gasteiger partial charge on any atom is -0.340 e.